The summed E-state index contributed by atoms with van der Waals surface area (Å²) in [6.45, 7) is 4.12. The average molecular weight is 196 g/mol. The van der Waals surface area contributed by atoms with Crippen molar-refractivity contribution in [1.82, 2.24) is 0 Å². The molecule has 2 N–H and O–H groups in total. The number of phenolic OH excluding ortho intramolecular Hbond substituents is 1. The second kappa shape index (κ2) is 4.98. The molecule has 78 valence electrons. The number of hydrogen-bond acceptors (Lipinski definition) is 3. The van der Waals surface area contributed by atoms with E-state index in [9.17, 15) is 5.11 Å². The smallest absolute Gasteiger partial charge is 0.115 e. The maximum atomic E-state index is 9.48. The van der Waals surface area contributed by atoms with Crippen LogP contribution in [0.15, 0.2) is 24.3 Å². The molecule has 1 aromatic carbocycles. The first-order valence-corrected chi connectivity index (χ1v) is 4.73. The van der Waals surface area contributed by atoms with Gasteiger partial charge in [-0.25, -0.2) is 0 Å². The molecule has 3 nitrogen and oxygen atoms in total. The predicted molar refractivity (Wildman–Crippen MR) is 54.2 cm³/mol. The van der Waals surface area contributed by atoms with Crippen LogP contribution in [0.5, 0.6) is 5.75 Å². The Bertz CT molecular complexity index is 266. The third kappa shape index (κ3) is 2.72. The van der Waals surface area contributed by atoms with Crippen molar-refractivity contribution < 1.29 is 14.9 Å². The van der Waals surface area contributed by atoms with Crippen LogP contribution in [0.1, 0.15) is 25.5 Å². The van der Waals surface area contributed by atoms with Gasteiger partial charge >= 0.3 is 0 Å². The molecule has 0 saturated heterocycles. The number of aliphatic hydroxyl groups excluding tert-OH is 1. The maximum absolute atomic E-state index is 9.48. The zero-order valence-electron chi connectivity index (χ0n) is 8.47. The van der Waals surface area contributed by atoms with Gasteiger partial charge in [0.1, 0.15) is 11.9 Å². The molecule has 0 bridgehead atoms. The lowest BCUT2D eigenvalue weighted by Crippen LogP contribution is -2.17. The minimum Gasteiger partial charge on any atom is -0.508 e. The molecule has 14 heavy (non-hydrogen) atoms. The number of hydrogen-bond donors (Lipinski definition) is 2. The van der Waals surface area contributed by atoms with E-state index >= 15 is 0 Å². The van der Waals surface area contributed by atoms with Crippen molar-refractivity contribution in [1.29, 1.82) is 0 Å². The number of phenols is 1. The number of rotatable bonds is 4. The summed E-state index contributed by atoms with van der Waals surface area (Å²) in [4.78, 5) is 0. The van der Waals surface area contributed by atoms with Crippen molar-refractivity contribution in [2.75, 3.05) is 6.61 Å². The Kier molecular flexibility index (Phi) is 3.92. The molecule has 0 aliphatic heterocycles. The Morgan fingerprint density at radius 2 is 1.86 bits per heavy atom. The molecule has 3 heteroatoms. The first-order chi connectivity index (χ1) is 6.65. The van der Waals surface area contributed by atoms with Crippen molar-refractivity contribution in [3.8, 4) is 5.75 Å². The highest BCUT2D eigenvalue weighted by Gasteiger charge is 2.16. The van der Waals surface area contributed by atoms with Crippen LogP contribution in [0.25, 0.3) is 0 Å². The summed E-state index contributed by atoms with van der Waals surface area (Å²) in [6, 6.07) is 6.68. The van der Waals surface area contributed by atoms with Crippen molar-refractivity contribution in [2.24, 2.45) is 0 Å². The van der Waals surface area contributed by atoms with Crippen LogP contribution in [-0.4, -0.2) is 22.9 Å². The molecule has 2 atom stereocenters. The summed E-state index contributed by atoms with van der Waals surface area (Å²) >= 11 is 0. The summed E-state index contributed by atoms with van der Waals surface area (Å²) in [7, 11) is 0. The number of ether oxygens (including phenoxy) is 1. The fourth-order valence-electron chi connectivity index (χ4n) is 1.36. The molecular weight excluding hydrogens is 180 g/mol. The Balaban J connectivity index is 2.82. The molecule has 0 aliphatic rings. The molecule has 0 aromatic heterocycles. The van der Waals surface area contributed by atoms with E-state index in [0.717, 1.165) is 5.56 Å². The van der Waals surface area contributed by atoms with Gasteiger partial charge in [-0.3, -0.25) is 0 Å². The van der Waals surface area contributed by atoms with Crippen molar-refractivity contribution >= 4 is 0 Å². The van der Waals surface area contributed by atoms with Gasteiger partial charge in [0.15, 0.2) is 0 Å². The largest absolute Gasteiger partial charge is 0.508 e. The molecule has 0 heterocycles. The fraction of sp³-hybridized carbons (Fsp3) is 0.455. The van der Waals surface area contributed by atoms with Crippen LogP contribution in [0.3, 0.4) is 0 Å². The Labute approximate surface area is 84.0 Å². The lowest BCUT2D eigenvalue weighted by molar-refractivity contribution is -0.0259. The van der Waals surface area contributed by atoms with Gasteiger partial charge in [0.25, 0.3) is 0 Å². The molecule has 1 aromatic rings. The zero-order chi connectivity index (χ0) is 10.6. The normalized spacial score (nSPS) is 15.1. The van der Waals surface area contributed by atoms with Crippen molar-refractivity contribution in [3.63, 3.8) is 0 Å². The topological polar surface area (TPSA) is 49.7 Å². The molecule has 0 radical (unpaired) electrons. The van der Waals surface area contributed by atoms with Crippen LogP contribution in [0.4, 0.5) is 0 Å². The minimum atomic E-state index is -0.556. The second-order valence-electron chi connectivity index (χ2n) is 3.21. The summed E-state index contributed by atoms with van der Waals surface area (Å²) in [6.07, 6.45) is -0.875. The second-order valence-corrected chi connectivity index (χ2v) is 3.21. The van der Waals surface area contributed by atoms with Crippen molar-refractivity contribution in [2.45, 2.75) is 26.1 Å². The molecule has 0 amide bonds. The molecule has 0 fully saturated rings. The van der Waals surface area contributed by atoms with E-state index in [1.54, 1.807) is 31.2 Å². The highest BCUT2D eigenvalue weighted by Crippen LogP contribution is 2.23. The molecule has 2 unspecified atom stereocenters. The van der Waals surface area contributed by atoms with Crippen LogP contribution in [0.2, 0.25) is 0 Å². The van der Waals surface area contributed by atoms with E-state index in [1.165, 1.54) is 0 Å². The predicted octanol–water partition coefficient (Wildman–Crippen LogP) is 1.85. The zero-order valence-corrected chi connectivity index (χ0v) is 8.47. The number of aromatic hydroxyl groups is 1. The quantitative estimate of drug-likeness (QED) is 0.772. The lowest BCUT2D eigenvalue weighted by Gasteiger charge is -2.20. The summed E-state index contributed by atoms with van der Waals surface area (Å²) in [5.74, 6) is 0.217. The molecule has 1 rings (SSSR count). The van der Waals surface area contributed by atoms with Crippen LogP contribution < -0.4 is 0 Å². The highest BCUT2D eigenvalue weighted by molar-refractivity contribution is 5.27. The third-order valence-corrected chi connectivity index (χ3v) is 2.01. The van der Waals surface area contributed by atoms with Crippen molar-refractivity contribution in [3.05, 3.63) is 29.8 Å². The molecule has 0 saturated carbocycles. The Morgan fingerprint density at radius 3 is 2.29 bits per heavy atom. The van der Waals surface area contributed by atoms with E-state index in [1.807, 2.05) is 6.92 Å². The summed E-state index contributed by atoms with van der Waals surface area (Å²) in [5.41, 5.74) is 0.875. The van der Waals surface area contributed by atoms with Gasteiger partial charge in [-0.2, -0.15) is 0 Å². The van der Waals surface area contributed by atoms with Gasteiger partial charge in [0.2, 0.25) is 0 Å². The minimum absolute atomic E-state index is 0.217. The van der Waals surface area contributed by atoms with Gasteiger partial charge < -0.3 is 14.9 Å². The van der Waals surface area contributed by atoms with Crippen LogP contribution in [0, 0.1) is 0 Å². The molecular formula is C11H16O3. The van der Waals surface area contributed by atoms with E-state index in [4.69, 9.17) is 9.84 Å². The first kappa shape index (κ1) is 11.0. The van der Waals surface area contributed by atoms with Gasteiger partial charge in [0, 0.05) is 6.61 Å². The summed E-state index contributed by atoms with van der Waals surface area (Å²) in [5, 5.41) is 18.6. The lowest BCUT2D eigenvalue weighted by atomic mass is 10.1. The Morgan fingerprint density at radius 1 is 1.29 bits per heavy atom. The van der Waals surface area contributed by atoms with E-state index < -0.39 is 6.10 Å². The summed E-state index contributed by atoms with van der Waals surface area (Å²) < 4.78 is 5.40. The molecule has 0 aliphatic carbocycles. The van der Waals surface area contributed by atoms with E-state index in [2.05, 4.69) is 0 Å². The number of aliphatic hydroxyl groups is 1. The number of benzene rings is 1. The van der Waals surface area contributed by atoms with Crippen LogP contribution >= 0.6 is 0 Å². The monoisotopic (exact) mass is 196 g/mol. The van der Waals surface area contributed by atoms with Gasteiger partial charge in [0.05, 0.1) is 6.10 Å². The van der Waals surface area contributed by atoms with E-state index in [-0.39, 0.29) is 11.9 Å². The first-order valence-electron chi connectivity index (χ1n) is 4.73. The van der Waals surface area contributed by atoms with Gasteiger partial charge in [-0.15, -0.1) is 0 Å². The standard InChI is InChI=1S/C11H16O3/c1-3-14-11(8(2)12)9-4-6-10(13)7-5-9/h4-8,11-13H,3H2,1-2H3. The Hall–Kier alpha value is -1.06. The highest BCUT2D eigenvalue weighted by atomic mass is 16.5. The average Bonchev–Trinajstić information content (AvgIpc) is 2.15. The molecule has 0 spiro atoms. The van der Waals surface area contributed by atoms with Gasteiger partial charge in [-0.1, -0.05) is 12.1 Å². The third-order valence-electron chi connectivity index (χ3n) is 2.01. The van der Waals surface area contributed by atoms with Crippen LogP contribution in [-0.2, 0) is 4.74 Å². The van der Waals surface area contributed by atoms with Gasteiger partial charge in [-0.05, 0) is 31.5 Å². The van der Waals surface area contributed by atoms with E-state index in [0.29, 0.717) is 6.61 Å². The SMILES string of the molecule is CCOC(c1ccc(O)cc1)C(C)O. The maximum Gasteiger partial charge on any atom is 0.115 e. The fourth-order valence-corrected chi connectivity index (χ4v) is 1.36.